The second kappa shape index (κ2) is 7.31. The molecule has 1 aromatic rings. The minimum atomic E-state index is -0.459. The highest BCUT2D eigenvalue weighted by Crippen LogP contribution is 2.25. The summed E-state index contributed by atoms with van der Waals surface area (Å²) in [7, 11) is 0. The molecule has 0 radical (unpaired) electrons. The Bertz CT molecular complexity index is 533. The number of imide groups is 1. The third-order valence-electron chi connectivity index (χ3n) is 3.27. The molecule has 0 spiro atoms. The molecule has 0 aliphatic heterocycles. The number of hydrogen-bond donors (Lipinski definition) is 3. The molecule has 1 aliphatic rings. The molecule has 4 N–H and O–H groups in total. The molecule has 1 fully saturated rings. The number of rotatable bonds is 4. The molecule has 114 valence electrons. The third-order valence-corrected chi connectivity index (χ3v) is 4.36. The van der Waals surface area contributed by atoms with Crippen LogP contribution in [0.3, 0.4) is 0 Å². The topological polar surface area (TPSA) is 84.2 Å². The molecule has 3 amide bonds. The zero-order valence-corrected chi connectivity index (χ0v) is 12.3. The second-order valence-corrected chi connectivity index (χ2v) is 5.99. The van der Waals surface area contributed by atoms with Gasteiger partial charge in [-0.25, -0.2) is 9.18 Å². The van der Waals surface area contributed by atoms with Gasteiger partial charge in [0.2, 0.25) is 5.91 Å². The van der Waals surface area contributed by atoms with Crippen molar-refractivity contribution in [1.82, 2.24) is 10.6 Å². The second-order valence-electron chi connectivity index (χ2n) is 4.97. The number of benzene rings is 1. The van der Waals surface area contributed by atoms with E-state index in [1.165, 1.54) is 18.2 Å². The van der Waals surface area contributed by atoms with Crippen LogP contribution in [0.4, 0.5) is 14.9 Å². The summed E-state index contributed by atoms with van der Waals surface area (Å²) in [5.41, 5.74) is 5.93. The van der Waals surface area contributed by atoms with Gasteiger partial charge >= 0.3 is 6.03 Å². The van der Waals surface area contributed by atoms with E-state index in [1.807, 2.05) is 0 Å². The predicted octanol–water partition coefficient (Wildman–Crippen LogP) is 2.27. The first-order valence-electron chi connectivity index (χ1n) is 6.83. The summed E-state index contributed by atoms with van der Waals surface area (Å²) in [4.78, 5) is 23.9. The van der Waals surface area contributed by atoms with Gasteiger partial charge in [-0.05, 0) is 31.0 Å². The highest BCUT2D eigenvalue weighted by Gasteiger charge is 2.18. The average molecular weight is 311 g/mol. The summed E-state index contributed by atoms with van der Waals surface area (Å²) in [5, 5.41) is 5.06. The van der Waals surface area contributed by atoms with Crippen LogP contribution in [0.25, 0.3) is 0 Å². The molecule has 0 heterocycles. The molecule has 0 unspecified atom stereocenters. The molecule has 7 heteroatoms. The van der Waals surface area contributed by atoms with Crippen molar-refractivity contribution < 1.29 is 14.0 Å². The van der Waals surface area contributed by atoms with Crippen molar-refractivity contribution in [3.8, 4) is 0 Å². The number of hydrogen-bond acceptors (Lipinski definition) is 4. The fourth-order valence-electron chi connectivity index (χ4n) is 2.25. The summed E-state index contributed by atoms with van der Waals surface area (Å²) in [6.45, 7) is 0. The van der Waals surface area contributed by atoms with E-state index in [0.717, 1.165) is 37.4 Å². The van der Waals surface area contributed by atoms with Gasteiger partial charge in [-0.15, -0.1) is 11.8 Å². The predicted molar refractivity (Wildman–Crippen MR) is 80.5 cm³/mol. The van der Waals surface area contributed by atoms with Gasteiger partial charge in [-0.1, -0.05) is 12.8 Å². The van der Waals surface area contributed by atoms with Crippen molar-refractivity contribution in [2.45, 2.75) is 36.6 Å². The smallest absolute Gasteiger partial charge is 0.321 e. The first-order chi connectivity index (χ1) is 10.0. The Labute approximate surface area is 126 Å². The number of thioether (sulfide) groups is 1. The number of halogens is 1. The van der Waals surface area contributed by atoms with Crippen LogP contribution in [0.15, 0.2) is 23.1 Å². The van der Waals surface area contributed by atoms with Gasteiger partial charge < -0.3 is 11.1 Å². The van der Waals surface area contributed by atoms with Crippen molar-refractivity contribution >= 4 is 29.4 Å². The van der Waals surface area contributed by atoms with Gasteiger partial charge in [0.15, 0.2) is 0 Å². The van der Waals surface area contributed by atoms with Crippen LogP contribution in [-0.4, -0.2) is 23.7 Å². The lowest BCUT2D eigenvalue weighted by atomic mass is 10.2. The Morgan fingerprint density at radius 3 is 2.71 bits per heavy atom. The molecule has 1 aliphatic carbocycles. The minimum absolute atomic E-state index is 0.0495. The van der Waals surface area contributed by atoms with E-state index in [0.29, 0.717) is 4.90 Å². The van der Waals surface area contributed by atoms with Gasteiger partial charge in [0.05, 0.1) is 5.75 Å². The van der Waals surface area contributed by atoms with Crippen molar-refractivity contribution in [3.63, 3.8) is 0 Å². The largest absolute Gasteiger partial charge is 0.398 e. The first-order valence-corrected chi connectivity index (χ1v) is 7.81. The normalized spacial score (nSPS) is 14.9. The van der Waals surface area contributed by atoms with Gasteiger partial charge in [-0.2, -0.15) is 0 Å². The number of nitrogen functional groups attached to an aromatic ring is 1. The SMILES string of the molecule is Nc1cc(F)ccc1SCC(=O)NC(=O)NC1CCCC1. The molecule has 0 bridgehead atoms. The van der Waals surface area contributed by atoms with E-state index in [1.54, 1.807) is 0 Å². The number of urea groups is 1. The molecule has 5 nitrogen and oxygen atoms in total. The molecular weight excluding hydrogens is 293 g/mol. The molecule has 2 rings (SSSR count). The first kappa shape index (κ1) is 15.6. The quantitative estimate of drug-likeness (QED) is 0.588. The van der Waals surface area contributed by atoms with E-state index in [4.69, 9.17) is 5.73 Å². The molecule has 21 heavy (non-hydrogen) atoms. The number of carbonyl (C=O) groups excluding carboxylic acids is 2. The van der Waals surface area contributed by atoms with Crippen LogP contribution < -0.4 is 16.4 Å². The standard InChI is InChI=1S/C14H18FN3O2S/c15-9-5-6-12(11(16)7-9)21-8-13(19)18-14(20)17-10-3-1-2-4-10/h5-7,10H,1-4,8,16H2,(H2,17,18,19,20). The maximum atomic E-state index is 12.9. The summed E-state index contributed by atoms with van der Waals surface area (Å²) in [6.07, 6.45) is 4.14. The summed E-state index contributed by atoms with van der Waals surface area (Å²) >= 11 is 1.16. The summed E-state index contributed by atoms with van der Waals surface area (Å²) in [5.74, 6) is -0.773. The Hall–Kier alpha value is -1.76. The Morgan fingerprint density at radius 2 is 2.05 bits per heavy atom. The van der Waals surface area contributed by atoms with Crippen molar-refractivity contribution in [1.29, 1.82) is 0 Å². The zero-order valence-electron chi connectivity index (χ0n) is 11.5. The maximum absolute atomic E-state index is 12.9. The molecular formula is C14H18FN3O2S. The van der Waals surface area contributed by atoms with Crippen molar-refractivity contribution in [3.05, 3.63) is 24.0 Å². The van der Waals surface area contributed by atoms with Crippen LogP contribution in [0, 0.1) is 5.82 Å². The van der Waals surface area contributed by atoms with E-state index in [2.05, 4.69) is 10.6 Å². The molecule has 1 saturated carbocycles. The van der Waals surface area contributed by atoms with Crippen molar-refractivity contribution in [2.24, 2.45) is 0 Å². The van der Waals surface area contributed by atoms with Gasteiger partial charge in [0.1, 0.15) is 5.82 Å². The van der Waals surface area contributed by atoms with Crippen LogP contribution in [-0.2, 0) is 4.79 Å². The lowest BCUT2D eigenvalue weighted by molar-refractivity contribution is -0.117. The number of carbonyl (C=O) groups is 2. The van der Waals surface area contributed by atoms with E-state index in [9.17, 15) is 14.0 Å². The lowest BCUT2D eigenvalue weighted by Crippen LogP contribution is -2.44. The van der Waals surface area contributed by atoms with E-state index < -0.39 is 17.8 Å². The van der Waals surface area contributed by atoms with Crippen LogP contribution in [0.2, 0.25) is 0 Å². The Morgan fingerprint density at radius 1 is 1.33 bits per heavy atom. The van der Waals surface area contributed by atoms with Crippen molar-refractivity contribution in [2.75, 3.05) is 11.5 Å². The van der Waals surface area contributed by atoms with Gasteiger partial charge in [0.25, 0.3) is 0 Å². The Kier molecular flexibility index (Phi) is 5.44. The maximum Gasteiger partial charge on any atom is 0.321 e. The molecule has 0 saturated heterocycles. The minimum Gasteiger partial charge on any atom is -0.398 e. The van der Waals surface area contributed by atoms with Gasteiger partial charge in [0, 0.05) is 16.6 Å². The van der Waals surface area contributed by atoms with Crippen LogP contribution >= 0.6 is 11.8 Å². The summed E-state index contributed by atoms with van der Waals surface area (Å²) in [6, 6.07) is 3.70. The molecule has 0 atom stereocenters. The summed E-state index contributed by atoms with van der Waals surface area (Å²) < 4.78 is 12.9. The zero-order chi connectivity index (χ0) is 15.2. The van der Waals surface area contributed by atoms with Gasteiger partial charge in [-0.3, -0.25) is 10.1 Å². The number of nitrogens with one attached hydrogen (secondary N) is 2. The number of amides is 3. The lowest BCUT2D eigenvalue weighted by Gasteiger charge is -2.12. The average Bonchev–Trinajstić information content (AvgIpc) is 2.90. The van der Waals surface area contributed by atoms with E-state index >= 15 is 0 Å². The fraction of sp³-hybridized carbons (Fsp3) is 0.429. The fourth-order valence-corrected chi connectivity index (χ4v) is 3.00. The number of nitrogens with two attached hydrogens (primary N) is 1. The molecule has 1 aromatic carbocycles. The van der Waals surface area contributed by atoms with Crippen LogP contribution in [0.1, 0.15) is 25.7 Å². The van der Waals surface area contributed by atoms with Crippen LogP contribution in [0.5, 0.6) is 0 Å². The third kappa shape index (κ3) is 4.93. The molecule has 0 aromatic heterocycles. The number of anilines is 1. The monoisotopic (exact) mass is 311 g/mol. The van der Waals surface area contributed by atoms with E-state index in [-0.39, 0.29) is 17.5 Å². The Balaban J connectivity index is 1.75. The highest BCUT2D eigenvalue weighted by atomic mass is 32.2. The highest BCUT2D eigenvalue weighted by molar-refractivity contribution is 8.00.